The monoisotopic (exact) mass is 556 g/mol. The molecule has 0 saturated heterocycles. The SMILES string of the molecule is N=C(N)c1cccc(C[C@H](NS(=O)(=O)c2cccc(NC(=O)c3cccnc3)c2)c2nc3ccccc3s2)c1. The minimum Gasteiger partial charge on any atom is -0.384 e. The number of fused-ring (bicyclic) bond motifs is 1. The highest BCUT2D eigenvalue weighted by Gasteiger charge is 2.25. The molecular weight excluding hydrogens is 532 g/mol. The van der Waals surface area contributed by atoms with Gasteiger partial charge in [0.2, 0.25) is 10.0 Å². The summed E-state index contributed by atoms with van der Waals surface area (Å²) < 4.78 is 30.9. The molecule has 0 saturated carbocycles. The third kappa shape index (κ3) is 6.17. The number of thiazole rings is 1. The number of nitrogens with two attached hydrogens (primary N) is 1. The second-order valence-corrected chi connectivity index (χ2v) is 11.5. The Balaban J connectivity index is 1.45. The number of sulfonamides is 1. The van der Waals surface area contributed by atoms with Crippen LogP contribution in [0.25, 0.3) is 10.2 Å². The summed E-state index contributed by atoms with van der Waals surface area (Å²) in [4.78, 5) is 21.2. The van der Waals surface area contributed by atoms with E-state index in [4.69, 9.17) is 16.1 Å². The van der Waals surface area contributed by atoms with Gasteiger partial charge in [-0.3, -0.25) is 15.2 Å². The number of rotatable bonds is 9. The molecule has 2 aromatic heterocycles. The van der Waals surface area contributed by atoms with E-state index >= 15 is 0 Å². The van der Waals surface area contributed by atoms with Crippen LogP contribution in [-0.4, -0.2) is 30.1 Å². The van der Waals surface area contributed by atoms with Gasteiger partial charge in [0.15, 0.2) is 0 Å². The zero-order chi connectivity index (χ0) is 27.4. The molecule has 9 nitrogen and oxygen atoms in total. The Kier molecular flexibility index (Phi) is 7.46. The van der Waals surface area contributed by atoms with Crippen LogP contribution in [0.2, 0.25) is 0 Å². The van der Waals surface area contributed by atoms with E-state index in [1.165, 1.54) is 29.7 Å². The van der Waals surface area contributed by atoms with Crippen molar-refractivity contribution in [1.29, 1.82) is 5.41 Å². The summed E-state index contributed by atoms with van der Waals surface area (Å²) in [6.07, 6.45) is 3.28. The summed E-state index contributed by atoms with van der Waals surface area (Å²) in [5, 5.41) is 11.1. The third-order valence-electron chi connectivity index (χ3n) is 5.91. The van der Waals surface area contributed by atoms with Crippen LogP contribution in [0.1, 0.15) is 32.5 Å². The van der Waals surface area contributed by atoms with Gasteiger partial charge in [0, 0.05) is 23.6 Å². The van der Waals surface area contributed by atoms with Gasteiger partial charge in [-0.15, -0.1) is 11.3 Å². The summed E-state index contributed by atoms with van der Waals surface area (Å²) in [7, 11) is -4.03. The summed E-state index contributed by atoms with van der Waals surface area (Å²) in [6, 6.07) is 23.4. The lowest BCUT2D eigenvalue weighted by Gasteiger charge is -2.18. The molecule has 5 N–H and O–H groups in total. The van der Waals surface area contributed by atoms with Gasteiger partial charge >= 0.3 is 0 Å². The van der Waals surface area contributed by atoms with Crippen LogP contribution < -0.4 is 15.8 Å². The van der Waals surface area contributed by atoms with Gasteiger partial charge in [0.25, 0.3) is 5.91 Å². The molecule has 2 heterocycles. The molecule has 0 fully saturated rings. The largest absolute Gasteiger partial charge is 0.384 e. The van der Waals surface area contributed by atoms with Crippen molar-refractivity contribution < 1.29 is 13.2 Å². The van der Waals surface area contributed by atoms with Crippen molar-refractivity contribution in [3.63, 3.8) is 0 Å². The van der Waals surface area contributed by atoms with E-state index in [1.807, 2.05) is 30.3 Å². The first-order valence-electron chi connectivity index (χ1n) is 11.9. The van der Waals surface area contributed by atoms with E-state index < -0.39 is 22.0 Å². The van der Waals surface area contributed by atoms with Crippen LogP contribution in [0.5, 0.6) is 0 Å². The molecule has 0 aliphatic carbocycles. The molecule has 5 rings (SSSR count). The molecule has 39 heavy (non-hydrogen) atoms. The molecule has 0 bridgehead atoms. The first-order valence-corrected chi connectivity index (χ1v) is 14.2. The molecule has 5 aromatic rings. The number of aromatic nitrogens is 2. The van der Waals surface area contributed by atoms with Gasteiger partial charge in [-0.1, -0.05) is 36.4 Å². The Hall–Kier alpha value is -4.45. The van der Waals surface area contributed by atoms with Crippen molar-refractivity contribution >= 4 is 49.0 Å². The number of hydrogen-bond donors (Lipinski definition) is 4. The van der Waals surface area contributed by atoms with Gasteiger partial charge < -0.3 is 11.1 Å². The van der Waals surface area contributed by atoms with Gasteiger partial charge in [-0.2, -0.15) is 0 Å². The summed E-state index contributed by atoms with van der Waals surface area (Å²) in [5.41, 5.74) is 8.48. The van der Waals surface area contributed by atoms with Crippen LogP contribution in [-0.2, 0) is 16.4 Å². The fourth-order valence-electron chi connectivity index (χ4n) is 4.02. The molecule has 1 amide bonds. The van der Waals surface area contributed by atoms with E-state index in [-0.39, 0.29) is 17.2 Å². The zero-order valence-corrected chi connectivity index (χ0v) is 22.2. The maximum Gasteiger partial charge on any atom is 0.257 e. The molecule has 3 aromatic carbocycles. The molecule has 196 valence electrons. The number of benzene rings is 3. The van der Waals surface area contributed by atoms with Crippen molar-refractivity contribution in [1.82, 2.24) is 14.7 Å². The quantitative estimate of drug-likeness (QED) is 0.155. The first kappa shape index (κ1) is 26.2. The number of amidine groups is 1. The van der Waals surface area contributed by atoms with Crippen LogP contribution in [0.3, 0.4) is 0 Å². The average Bonchev–Trinajstić information content (AvgIpc) is 3.38. The smallest absolute Gasteiger partial charge is 0.257 e. The number of nitrogens with one attached hydrogen (secondary N) is 3. The van der Waals surface area contributed by atoms with Crippen LogP contribution >= 0.6 is 11.3 Å². The van der Waals surface area contributed by atoms with E-state index in [2.05, 4.69) is 15.0 Å². The molecule has 0 unspecified atom stereocenters. The van der Waals surface area contributed by atoms with Gasteiger partial charge in [0.05, 0.1) is 26.7 Å². The number of amides is 1. The highest BCUT2D eigenvalue weighted by molar-refractivity contribution is 7.89. The normalized spacial score (nSPS) is 12.2. The zero-order valence-electron chi connectivity index (χ0n) is 20.5. The lowest BCUT2D eigenvalue weighted by Crippen LogP contribution is -2.30. The number of carbonyl (C=O) groups excluding carboxylic acids is 1. The molecule has 0 aliphatic rings. The van der Waals surface area contributed by atoms with Gasteiger partial charge in [0.1, 0.15) is 10.8 Å². The minimum atomic E-state index is -4.03. The van der Waals surface area contributed by atoms with Crippen molar-refractivity contribution in [3.8, 4) is 0 Å². The Bertz CT molecular complexity index is 1740. The number of anilines is 1. The Morgan fingerprint density at radius 2 is 1.77 bits per heavy atom. The molecule has 11 heteroatoms. The van der Waals surface area contributed by atoms with Crippen molar-refractivity contribution in [2.45, 2.75) is 17.4 Å². The topological polar surface area (TPSA) is 151 Å². The fourth-order valence-corrected chi connectivity index (χ4v) is 6.36. The van der Waals surface area contributed by atoms with Gasteiger partial charge in [-0.05, 0) is 60.5 Å². The number of nitrogens with zero attached hydrogens (tertiary/aromatic N) is 2. The lowest BCUT2D eigenvalue weighted by molar-refractivity contribution is 0.102. The average molecular weight is 557 g/mol. The number of hydrogen-bond acceptors (Lipinski definition) is 7. The van der Waals surface area contributed by atoms with E-state index in [0.717, 1.165) is 15.8 Å². The summed E-state index contributed by atoms with van der Waals surface area (Å²) >= 11 is 1.41. The molecule has 1 atom stereocenters. The second kappa shape index (κ2) is 11.1. The summed E-state index contributed by atoms with van der Waals surface area (Å²) in [5.74, 6) is -0.470. The highest BCUT2D eigenvalue weighted by Crippen LogP contribution is 2.30. The second-order valence-electron chi connectivity index (χ2n) is 8.74. The lowest BCUT2D eigenvalue weighted by atomic mass is 10.0. The fraction of sp³-hybridized carbons (Fsp3) is 0.0714. The Labute approximate surface area is 229 Å². The minimum absolute atomic E-state index is 0.00455. The third-order valence-corrected chi connectivity index (χ3v) is 8.53. The van der Waals surface area contributed by atoms with E-state index in [0.29, 0.717) is 21.8 Å². The molecular formula is C28H24N6O3S2. The number of pyridine rings is 1. The Morgan fingerprint density at radius 3 is 2.54 bits per heavy atom. The molecule has 0 radical (unpaired) electrons. The van der Waals surface area contributed by atoms with E-state index in [9.17, 15) is 13.2 Å². The van der Waals surface area contributed by atoms with Crippen molar-refractivity contribution in [2.24, 2.45) is 5.73 Å². The first-order chi connectivity index (χ1) is 18.8. The predicted molar refractivity (Wildman–Crippen MR) is 152 cm³/mol. The van der Waals surface area contributed by atoms with Crippen molar-refractivity contribution in [3.05, 3.63) is 119 Å². The maximum atomic E-state index is 13.6. The maximum absolute atomic E-state index is 13.6. The van der Waals surface area contributed by atoms with E-state index in [1.54, 1.807) is 48.7 Å². The van der Waals surface area contributed by atoms with Crippen LogP contribution in [0.15, 0.2) is 102 Å². The van der Waals surface area contributed by atoms with Crippen LogP contribution in [0.4, 0.5) is 5.69 Å². The molecule has 0 aliphatic heterocycles. The Morgan fingerprint density at radius 1 is 0.974 bits per heavy atom. The number of carbonyl (C=O) groups is 1. The van der Waals surface area contributed by atoms with Crippen molar-refractivity contribution in [2.75, 3.05) is 5.32 Å². The predicted octanol–water partition coefficient (Wildman–Crippen LogP) is 4.49. The highest BCUT2D eigenvalue weighted by atomic mass is 32.2. The molecule has 0 spiro atoms. The standard InChI is InChI=1S/C28H24N6O3S2/c29-26(30)19-7-3-6-18(14-19)15-24(28-33-23-11-1-2-12-25(23)38-28)34-39(36,37)22-10-4-9-21(16-22)32-27(35)20-8-5-13-31-17-20/h1-14,16-17,24,34H,15H2,(H3,29,30)(H,32,35)/t24-/m0/s1. The van der Waals surface area contributed by atoms with Gasteiger partial charge in [-0.25, -0.2) is 18.1 Å². The number of para-hydroxylation sites is 1. The van der Waals surface area contributed by atoms with Crippen LogP contribution in [0, 0.1) is 5.41 Å². The summed E-state index contributed by atoms with van der Waals surface area (Å²) in [6.45, 7) is 0. The number of nitrogen functional groups attached to an aromatic ring is 1.